The summed E-state index contributed by atoms with van der Waals surface area (Å²) in [6, 6.07) is 1.11. The lowest BCUT2D eigenvalue weighted by atomic mass is 10.2. The lowest BCUT2D eigenvalue weighted by Gasteiger charge is -1.97. The van der Waals surface area contributed by atoms with E-state index in [4.69, 9.17) is 5.11 Å². The van der Waals surface area contributed by atoms with Crippen LogP contribution in [0, 0.1) is 17.7 Å². The predicted octanol–water partition coefficient (Wildman–Crippen LogP) is 0.880. The fourth-order valence-corrected chi connectivity index (χ4v) is 1.03. The second kappa shape index (κ2) is 5.83. The van der Waals surface area contributed by atoms with E-state index in [2.05, 4.69) is 22.1 Å². The van der Waals surface area contributed by atoms with Gasteiger partial charge in [0.05, 0.1) is 5.56 Å². The lowest BCUT2D eigenvalue weighted by molar-refractivity contribution is 0.0691. The van der Waals surface area contributed by atoms with Crippen LogP contribution >= 0.6 is 0 Å². The van der Waals surface area contributed by atoms with Crippen LogP contribution in [0.2, 0.25) is 0 Å². The molecule has 0 unspecified atom stereocenters. The van der Waals surface area contributed by atoms with E-state index in [-0.39, 0.29) is 5.69 Å². The van der Waals surface area contributed by atoms with E-state index in [0.717, 1.165) is 6.07 Å². The van der Waals surface area contributed by atoms with Crippen molar-refractivity contribution in [2.45, 2.75) is 6.42 Å². The van der Waals surface area contributed by atoms with E-state index >= 15 is 0 Å². The number of aromatic nitrogens is 1. The van der Waals surface area contributed by atoms with Gasteiger partial charge in [-0.25, -0.2) is 14.2 Å². The number of carboxylic acid groups (broad SMARTS) is 1. The smallest absolute Gasteiger partial charge is 0.338 e. The lowest BCUT2D eigenvalue weighted by Crippen LogP contribution is -2.06. The molecule has 5 heteroatoms. The topological polar surface area (TPSA) is 62.2 Å². The van der Waals surface area contributed by atoms with Gasteiger partial charge in [-0.15, -0.1) is 0 Å². The molecule has 1 aromatic rings. The van der Waals surface area contributed by atoms with Gasteiger partial charge in [-0.05, 0) is 19.0 Å². The molecule has 0 fully saturated rings. The molecule has 0 bridgehead atoms. The van der Waals surface area contributed by atoms with Crippen molar-refractivity contribution in [3.63, 3.8) is 0 Å². The van der Waals surface area contributed by atoms with Gasteiger partial charge in [0.25, 0.3) is 0 Å². The van der Waals surface area contributed by atoms with Gasteiger partial charge in [0.15, 0.2) is 5.82 Å². The van der Waals surface area contributed by atoms with E-state index in [1.54, 1.807) is 7.05 Å². The van der Waals surface area contributed by atoms with Crippen LogP contribution in [0.1, 0.15) is 22.5 Å². The quantitative estimate of drug-likeness (QED) is 0.588. The highest BCUT2D eigenvalue weighted by atomic mass is 19.1. The summed E-state index contributed by atoms with van der Waals surface area (Å²) in [5, 5.41) is 11.6. The summed E-state index contributed by atoms with van der Waals surface area (Å²) in [6.45, 7) is 0.688. The van der Waals surface area contributed by atoms with E-state index in [1.165, 1.54) is 6.20 Å². The Hall–Kier alpha value is -1.93. The first-order valence-electron chi connectivity index (χ1n) is 4.68. The first-order valence-corrected chi connectivity index (χ1v) is 4.68. The van der Waals surface area contributed by atoms with Crippen LogP contribution in [0.15, 0.2) is 12.3 Å². The third-order valence-electron chi connectivity index (χ3n) is 1.83. The second-order valence-corrected chi connectivity index (χ2v) is 2.98. The SMILES string of the molecule is CNCCC#Cc1nccc(C(=O)O)c1F. The molecule has 0 saturated heterocycles. The molecule has 16 heavy (non-hydrogen) atoms. The molecular weight excluding hydrogens is 211 g/mol. The highest BCUT2D eigenvalue weighted by Gasteiger charge is 2.13. The summed E-state index contributed by atoms with van der Waals surface area (Å²) in [5.74, 6) is 3.00. The van der Waals surface area contributed by atoms with Gasteiger partial charge in [0, 0.05) is 19.2 Å². The zero-order valence-corrected chi connectivity index (χ0v) is 8.75. The summed E-state index contributed by atoms with van der Waals surface area (Å²) in [5.41, 5.74) is -0.538. The van der Waals surface area contributed by atoms with Gasteiger partial charge in [-0.3, -0.25) is 0 Å². The third-order valence-corrected chi connectivity index (χ3v) is 1.83. The molecule has 0 amide bonds. The Morgan fingerprint density at radius 3 is 3.06 bits per heavy atom. The molecule has 0 atom stereocenters. The van der Waals surface area contributed by atoms with Crippen molar-refractivity contribution in [3.8, 4) is 11.8 Å². The van der Waals surface area contributed by atoms with Crippen molar-refractivity contribution < 1.29 is 14.3 Å². The van der Waals surface area contributed by atoms with Crippen LogP contribution in [0.3, 0.4) is 0 Å². The van der Waals surface area contributed by atoms with Gasteiger partial charge < -0.3 is 10.4 Å². The maximum Gasteiger partial charge on any atom is 0.338 e. The maximum absolute atomic E-state index is 13.5. The van der Waals surface area contributed by atoms with Crippen LogP contribution in [0.4, 0.5) is 4.39 Å². The molecule has 2 N–H and O–H groups in total. The number of nitrogens with zero attached hydrogens (tertiary/aromatic N) is 1. The first-order chi connectivity index (χ1) is 7.66. The van der Waals surface area contributed by atoms with Crippen molar-refractivity contribution in [2.24, 2.45) is 0 Å². The van der Waals surface area contributed by atoms with Crippen LogP contribution in [0.5, 0.6) is 0 Å². The monoisotopic (exact) mass is 222 g/mol. The third kappa shape index (κ3) is 3.04. The molecule has 84 valence electrons. The van der Waals surface area contributed by atoms with Gasteiger partial charge in [-0.1, -0.05) is 5.92 Å². The standard InChI is InChI=1S/C11H11FN2O2/c1-13-6-3-2-4-9-10(12)8(11(15)16)5-7-14-9/h5,7,13H,3,6H2,1H3,(H,15,16). The van der Waals surface area contributed by atoms with Crippen LogP contribution in [-0.2, 0) is 0 Å². The number of hydrogen-bond donors (Lipinski definition) is 2. The molecule has 0 aliphatic rings. The number of carbonyl (C=O) groups is 1. The molecule has 0 aromatic carbocycles. The Morgan fingerprint density at radius 1 is 1.69 bits per heavy atom. The largest absolute Gasteiger partial charge is 0.478 e. The van der Waals surface area contributed by atoms with Crippen LogP contribution < -0.4 is 5.32 Å². The number of halogens is 1. The average molecular weight is 222 g/mol. The normalized spacial score (nSPS) is 9.38. The average Bonchev–Trinajstić information content (AvgIpc) is 2.26. The number of hydrogen-bond acceptors (Lipinski definition) is 3. The molecule has 1 aromatic heterocycles. The van der Waals surface area contributed by atoms with Crippen molar-refractivity contribution >= 4 is 5.97 Å². The predicted molar refractivity (Wildman–Crippen MR) is 56.6 cm³/mol. The fraction of sp³-hybridized carbons (Fsp3) is 0.273. The minimum Gasteiger partial charge on any atom is -0.478 e. The molecule has 4 nitrogen and oxygen atoms in total. The van der Waals surface area contributed by atoms with Crippen LogP contribution in [0.25, 0.3) is 0 Å². The van der Waals surface area contributed by atoms with E-state index in [0.29, 0.717) is 13.0 Å². The Balaban J connectivity index is 2.92. The first kappa shape index (κ1) is 12.1. The Labute approximate surface area is 92.5 Å². The van der Waals surface area contributed by atoms with Crippen molar-refractivity contribution in [2.75, 3.05) is 13.6 Å². The number of rotatable bonds is 3. The molecule has 0 radical (unpaired) electrons. The zero-order chi connectivity index (χ0) is 12.0. The summed E-state index contributed by atoms with van der Waals surface area (Å²) < 4.78 is 13.5. The fourth-order valence-electron chi connectivity index (χ4n) is 1.03. The molecule has 1 heterocycles. The molecule has 0 aliphatic heterocycles. The Bertz CT molecular complexity index is 449. The van der Waals surface area contributed by atoms with E-state index in [9.17, 15) is 9.18 Å². The number of pyridine rings is 1. The van der Waals surface area contributed by atoms with E-state index in [1.807, 2.05) is 0 Å². The number of aromatic carboxylic acids is 1. The zero-order valence-electron chi connectivity index (χ0n) is 8.75. The Kier molecular flexibility index (Phi) is 4.42. The number of carboxylic acids is 1. The van der Waals surface area contributed by atoms with Crippen molar-refractivity contribution in [1.82, 2.24) is 10.3 Å². The minimum atomic E-state index is -1.32. The molecular formula is C11H11FN2O2. The molecule has 1 rings (SSSR count). The summed E-state index contributed by atoms with van der Waals surface area (Å²) >= 11 is 0. The van der Waals surface area contributed by atoms with E-state index < -0.39 is 17.3 Å². The maximum atomic E-state index is 13.5. The second-order valence-electron chi connectivity index (χ2n) is 2.98. The van der Waals surface area contributed by atoms with Crippen molar-refractivity contribution in [3.05, 3.63) is 29.3 Å². The van der Waals surface area contributed by atoms with Crippen molar-refractivity contribution in [1.29, 1.82) is 0 Å². The summed E-state index contributed by atoms with van der Waals surface area (Å²) in [7, 11) is 1.78. The highest BCUT2D eigenvalue weighted by molar-refractivity contribution is 5.88. The van der Waals surface area contributed by atoms with Gasteiger partial charge in [0.1, 0.15) is 5.69 Å². The number of nitrogens with one attached hydrogen (secondary N) is 1. The highest BCUT2D eigenvalue weighted by Crippen LogP contribution is 2.09. The molecule has 0 saturated carbocycles. The molecule has 0 spiro atoms. The summed E-state index contributed by atoms with van der Waals surface area (Å²) in [6.07, 6.45) is 1.78. The van der Waals surface area contributed by atoms with Gasteiger partial charge >= 0.3 is 5.97 Å². The summed E-state index contributed by atoms with van der Waals surface area (Å²) in [4.78, 5) is 14.3. The van der Waals surface area contributed by atoms with Crippen LogP contribution in [-0.4, -0.2) is 29.7 Å². The van der Waals surface area contributed by atoms with Gasteiger partial charge in [0.2, 0.25) is 0 Å². The molecule has 0 aliphatic carbocycles. The Morgan fingerprint density at radius 2 is 2.44 bits per heavy atom. The van der Waals surface area contributed by atoms with Gasteiger partial charge in [-0.2, -0.15) is 0 Å². The minimum absolute atomic E-state index is 0.129.